The Kier molecular flexibility index (Phi) is 3.88. The molecule has 0 bridgehead atoms. The Balaban J connectivity index is 2.39. The Labute approximate surface area is 120 Å². The molecule has 8 heteroatoms. The van der Waals surface area contributed by atoms with Gasteiger partial charge in [0.2, 0.25) is 0 Å². The number of hydrogen-bond donors (Lipinski definition) is 1. The highest BCUT2D eigenvalue weighted by atomic mass is 16.6. The molecule has 0 amide bonds. The number of imidazole rings is 1. The van der Waals surface area contributed by atoms with Crippen molar-refractivity contribution in [3.63, 3.8) is 0 Å². The van der Waals surface area contributed by atoms with Gasteiger partial charge in [-0.1, -0.05) is 0 Å². The highest BCUT2D eigenvalue weighted by molar-refractivity contribution is 5.95. The molecule has 0 aliphatic carbocycles. The van der Waals surface area contributed by atoms with Crippen molar-refractivity contribution in [3.8, 4) is 0 Å². The van der Waals surface area contributed by atoms with E-state index in [1.54, 1.807) is 28.9 Å². The molecule has 0 saturated heterocycles. The Bertz CT molecular complexity index is 695. The maximum absolute atomic E-state index is 11.3. The van der Waals surface area contributed by atoms with E-state index >= 15 is 0 Å². The molecule has 0 unspecified atom stereocenters. The summed E-state index contributed by atoms with van der Waals surface area (Å²) >= 11 is 0. The molecule has 0 aliphatic rings. The number of carbonyl (C=O) groups is 1. The minimum absolute atomic E-state index is 0.0114. The van der Waals surface area contributed by atoms with Crippen molar-refractivity contribution in [2.45, 2.75) is 6.54 Å². The quantitative estimate of drug-likeness (QED) is 0.663. The normalized spacial score (nSPS) is 10.4. The third-order valence-corrected chi connectivity index (χ3v) is 3.13. The second kappa shape index (κ2) is 5.61. The summed E-state index contributed by atoms with van der Waals surface area (Å²) in [6.07, 6.45) is 3.41. The zero-order chi connectivity index (χ0) is 15.6. The molecule has 0 aliphatic heterocycles. The first-order valence-electron chi connectivity index (χ1n) is 6.09. The van der Waals surface area contributed by atoms with Crippen LogP contribution in [0.15, 0.2) is 30.6 Å². The summed E-state index contributed by atoms with van der Waals surface area (Å²) in [6, 6.07) is 3.68. The van der Waals surface area contributed by atoms with Gasteiger partial charge in [0.05, 0.1) is 22.7 Å². The van der Waals surface area contributed by atoms with Gasteiger partial charge in [-0.25, -0.2) is 9.78 Å². The summed E-state index contributed by atoms with van der Waals surface area (Å²) in [6.45, 7) is 0.338. The second-order valence-corrected chi connectivity index (χ2v) is 4.57. The monoisotopic (exact) mass is 290 g/mol. The maximum Gasteiger partial charge on any atom is 0.337 e. The number of aromatic carboxylic acids is 1. The Morgan fingerprint density at radius 1 is 1.52 bits per heavy atom. The standard InChI is InChI=1S/C13H14N4O4/c1-15-6-5-14-12(15)8-16(2)11-7-9(17(20)21)3-4-10(11)13(18)19/h3-7H,8H2,1-2H3,(H,18,19). The first-order valence-corrected chi connectivity index (χ1v) is 6.09. The number of carboxylic acid groups (broad SMARTS) is 1. The van der Waals surface area contributed by atoms with Crippen molar-refractivity contribution >= 4 is 17.3 Å². The third-order valence-electron chi connectivity index (χ3n) is 3.13. The van der Waals surface area contributed by atoms with E-state index in [2.05, 4.69) is 4.98 Å². The number of hydrogen-bond acceptors (Lipinski definition) is 5. The fourth-order valence-electron chi connectivity index (χ4n) is 1.98. The Morgan fingerprint density at radius 2 is 2.24 bits per heavy atom. The molecular formula is C13H14N4O4. The van der Waals surface area contributed by atoms with Crippen LogP contribution in [0.2, 0.25) is 0 Å². The van der Waals surface area contributed by atoms with Gasteiger partial charge in [-0.2, -0.15) is 0 Å². The molecule has 21 heavy (non-hydrogen) atoms. The summed E-state index contributed by atoms with van der Waals surface area (Å²) in [7, 11) is 3.49. The molecule has 8 nitrogen and oxygen atoms in total. The lowest BCUT2D eigenvalue weighted by Crippen LogP contribution is -2.21. The summed E-state index contributed by atoms with van der Waals surface area (Å²) in [5.41, 5.74) is 0.138. The first-order chi connectivity index (χ1) is 9.90. The van der Waals surface area contributed by atoms with Gasteiger partial charge in [0.25, 0.3) is 5.69 Å². The fourth-order valence-corrected chi connectivity index (χ4v) is 1.98. The van der Waals surface area contributed by atoms with Crippen LogP contribution in [0.25, 0.3) is 0 Å². The van der Waals surface area contributed by atoms with Crippen molar-refractivity contribution in [1.82, 2.24) is 9.55 Å². The summed E-state index contributed by atoms with van der Waals surface area (Å²) in [4.78, 5) is 27.3. The molecule has 0 atom stereocenters. The molecule has 0 saturated carbocycles. The molecule has 110 valence electrons. The van der Waals surface area contributed by atoms with Crippen LogP contribution in [0.1, 0.15) is 16.2 Å². The zero-order valence-corrected chi connectivity index (χ0v) is 11.6. The van der Waals surface area contributed by atoms with E-state index in [9.17, 15) is 20.0 Å². The molecule has 1 N–H and O–H groups in total. The predicted octanol–water partition coefficient (Wildman–Crippen LogP) is 1.66. The maximum atomic E-state index is 11.3. The highest BCUT2D eigenvalue weighted by Gasteiger charge is 2.19. The minimum Gasteiger partial charge on any atom is -0.478 e. The summed E-state index contributed by atoms with van der Waals surface area (Å²) in [5, 5.41) is 20.1. The molecule has 0 fully saturated rings. The number of nitro benzene ring substituents is 1. The van der Waals surface area contributed by atoms with Crippen LogP contribution in [0.4, 0.5) is 11.4 Å². The second-order valence-electron chi connectivity index (χ2n) is 4.57. The van der Waals surface area contributed by atoms with Gasteiger partial charge >= 0.3 is 5.97 Å². The smallest absolute Gasteiger partial charge is 0.337 e. The van der Waals surface area contributed by atoms with Gasteiger partial charge < -0.3 is 14.6 Å². The summed E-state index contributed by atoms with van der Waals surface area (Å²) < 4.78 is 1.80. The van der Waals surface area contributed by atoms with Crippen LogP contribution in [0, 0.1) is 10.1 Å². The van der Waals surface area contributed by atoms with Crippen molar-refractivity contribution in [1.29, 1.82) is 0 Å². The number of rotatable bonds is 5. The number of benzene rings is 1. The molecule has 0 spiro atoms. The number of nitro groups is 1. The van der Waals surface area contributed by atoms with Gasteiger partial charge in [-0.15, -0.1) is 0 Å². The molecule has 1 aromatic heterocycles. The van der Waals surface area contributed by atoms with E-state index in [0.29, 0.717) is 6.54 Å². The van der Waals surface area contributed by atoms with E-state index in [-0.39, 0.29) is 16.9 Å². The molecule has 0 radical (unpaired) electrons. The number of aryl methyl sites for hydroxylation is 1. The molecule has 2 aromatic rings. The number of nitrogens with zero attached hydrogens (tertiary/aromatic N) is 4. The summed E-state index contributed by atoms with van der Waals surface area (Å²) in [5.74, 6) is -0.410. The van der Waals surface area contributed by atoms with Crippen LogP contribution in [0.3, 0.4) is 0 Å². The van der Waals surface area contributed by atoms with Crippen LogP contribution in [-0.4, -0.2) is 32.6 Å². The zero-order valence-electron chi connectivity index (χ0n) is 11.6. The first kappa shape index (κ1) is 14.5. The predicted molar refractivity (Wildman–Crippen MR) is 75.4 cm³/mol. The van der Waals surface area contributed by atoms with Crippen molar-refractivity contribution in [2.75, 3.05) is 11.9 Å². The SMILES string of the molecule is CN(Cc1nccn1C)c1cc([N+](=O)[O-])ccc1C(=O)O. The lowest BCUT2D eigenvalue weighted by Gasteiger charge is -2.20. The van der Waals surface area contributed by atoms with Gasteiger partial charge in [0, 0.05) is 38.6 Å². The van der Waals surface area contributed by atoms with Crippen LogP contribution >= 0.6 is 0 Å². The lowest BCUT2D eigenvalue weighted by molar-refractivity contribution is -0.384. The van der Waals surface area contributed by atoms with Gasteiger partial charge in [0.15, 0.2) is 0 Å². The average Bonchev–Trinajstić information content (AvgIpc) is 2.83. The van der Waals surface area contributed by atoms with E-state index in [1.807, 2.05) is 7.05 Å². The molecule has 1 aromatic carbocycles. The van der Waals surface area contributed by atoms with E-state index in [4.69, 9.17) is 0 Å². The third kappa shape index (κ3) is 2.99. The van der Waals surface area contributed by atoms with Crippen molar-refractivity contribution in [3.05, 3.63) is 52.1 Å². The molecular weight excluding hydrogens is 276 g/mol. The van der Waals surface area contributed by atoms with Gasteiger partial charge in [-0.05, 0) is 6.07 Å². The van der Waals surface area contributed by atoms with Crippen LogP contribution < -0.4 is 4.90 Å². The van der Waals surface area contributed by atoms with Gasteiger partial charge in [-0.3, -0.25) is 10.1 Å². The fraction of sp³-hybridized carbons (Fsp3) is 0.231. The number of carboxylic acids is 1. The Morgan fingerprint density at radius 3 is 2.76 bits per heavy atom. The molecule has 1 heterocycles. The van der Waals surface area contributed by atoms with E-state index in [1.165, 1.54) is 18.2 Å². The Hall–Kier alpha value is -2.90. The van der Waals surface area contributed by atoms with E-state index < -0.39 is 10.9 Å². The van der Waals surface area contributed by atoms with Gasteiger partial charge in [0.1, 0.15) is 5.82 Å². The largest absolute Gasteiger partial charge is 0.478 e. The van der Waals surface area contributed by atoms with Crippen molar-refractivity contribution in [2.24, 2.45) is 7.05 Å². The van der Waals surface area contributed by atoms with Crippen LogP contribution in [-0.2, 0) is 13.6 Å². The highest BCUT2D eigenvalue weighted by Crippen LogP contribution is 2.26. The minimum atomic E-state index is -1.13. The topological polar surface area (TPSA) is 102 Å². The van der Waals surface area contributed by atoms with Crippen LogP contribution in [0.5, 0.6) is 0 Å². The lowest BCUT2D eigenvalue weighted by atomic mass is 10.1. The number of aromatic nitrogens is 2. The molecule has 2 rings (SSSR count). The van der Waals surface area contributed by atoms with E-state index in [0.717, 1.165) is 5.82 Å². The average molecular weight is 290 g/mol. The number of non-ortho nitro benzene ring substituents is 1. The van der Waals surface area contributed by atoms with Crippen molar-refractivity contribution < 1.29 is 14.8 Å². The number of anilines is 1.